The Balaban J connectivity index is 2.08. The minimum absolute atomic E-state index is 0.0390. The lowest BCUT2D eigenvalue weighted by atomic mass is 10.2. The Hall–Kier alpha value is -1.29. The predicted octanol–water partition coefficient (Wildman–Crippen LogP) is 1.78. The Labute approximate surface area is 109 Å². The third-order valence-corrected chi connectivity index (χ3v) is 3.70. The van der Waals surface area contributed by atoms with E-state index in [9.17, 15) is 4.79 Å². The van der Waals surface area contributed by atoms with Crippen LogP contribution in [0.1, 0.15) is 47.6 Å². The van der Waals surface area contributed by atoms with E-state index in [-0.39, 0.29) is 5.91 Å². The van der Waals surface area contributed by atoms with Crippen LogP contribution in [-0.4, -0.2) is 30.1 Å². The third-order valence-electron chi connectivity index (χ3n) is 3.70. The average Bonchev–Trinajstić information content (AvgIpc) is 3.12. The molecule has 2 rings (SSSR count). The highest BCUT2D eigenvalue weighted by Crippen LogP contribution is 2.38. The molecule has 0 bridgehead atoms. The van der Waals surface area contributed by atoms with Crippen molar-refractivity contribution >= 4 is 5.91 Å². The zero-order valence-corrected chi connectivity index (χ0v) is 11.7. The zero-order valence-electron chi connectivity index (χ0n) is 11.7. The minimum Gasteiger partial charge on any atom is -0.350 e. The first-order chi connectivity index (χ1) is 8.54. The van der Waals surface area contributed by atoms with Gasteiger partial charge in [-0.15, -0.1) is 0 Å². The highest BCUT2D eigenvalue weighted by atomic mass is 16.1. The van der Waals surface area contributed by atoms with Crippen LogP contribution in [0.15, 0.2) is 6.07 Å². The number of likely N-dealkylation sites (N-methyl/N-ethyl adjacent to an activating group) is 1. The van der Waals surface area contributed by atoms with E-state index >= 15 is 0 Å². The van der Waals surface area contributed by atoms with Gasteiger partial charge in [-0.2, -0.15) is 0 Å². The molecular weight excluding hydrogens is 226 g/mol. The van der Waals surface area contributed by atoms with Gasteiger partial charge in [0.2, 0.25) is 0 Å². The van der Waals surface area contributed by atoms with Gasteiger partial charge in [0.1, 0.15) is 0 Å². The number of carbonyl (C=O) groups is 1. The molecule has 0 aromatic carbocycles. The molecule has 4 nitrogen and oxygen atoms in total. The topological polar surface area (TPSA) is 46.1 Å². The summed E-state index contributed by atoms with van der Waals surface area (Å²) in [5, 5.41) is 6.09. The number of aromatic nitrogens is 1. The molecule has 0 saturated heterocycles. The Morgan fingerprint density at radius 1 is 1.50 bits per heavy atom. The van der Waals surface area contributed by atoms with Gasteiger partial charge in [-0.25, -0.2) is 0 Å². The SMILES string of the molecule is CNC(C)CNC(=O)c1cc(C)n(C2CC2)c1C. The van der Waals surface area contributed by atoms with Crippen LogP contribution in [0.25, 0.3) is 0 Å². The van der Waals surface area contributed by atoms with E-state index in [4.69, 9.17) is 0 Å². The van der Waals surface area contributed by atoms with Gasteiger partial charge < -0.3 is 15.2 Å². The molecule has 1 atom stereocenters. The monoisotopic (exact) mass is 249 g/mol. The second kappa shape index (κ2) is 5.14. The first-order valence-corrected chi connectivity index (χ1v) is 6.68. The van der Waals surface area contributed by atoms with Crippen molar-refractivity contribution in [1.82, 2.24) is 15.2 Å². The van der Waals surface area contributed by atoms with Crippen LogP contribution in [0.2, 0.25) is 0 Å². The summed E-state index contributed by atoms with van der Waals surface area (Å²) in [6.07, 6.45) is 2.49. The number of hydrogen-bond acceptors (Lipinski definition) is 2. The van der Waals surface area contributed by atoms with Crippen molar-refractivity contribution < 1.29 is 4.79 Å². The molecule has 0 radical (unpaired) electrons. The lowest BCUT2D eigenvalue weighted by Gasteiger charge is -2.12. The van der Waals surface area contributed by atoms with E-state index in [2.05, 4.69) is 22.1 Å². The lowest BCUT2D eigenvalue weighted by Crippen LogP contribution is -2.37. The molecule has 4 heteroatoms. The highest BCUT2D eigenvalue weighted by Gasteiger charge is 2.28. The Kier molecular flexibility index (Phi) is 3.76. The van der Waals surface area contributed by atoms with Gasteiger partial charge >= 0.3 is 0 Å². The van der Waals surface area contributed by atoms with Crippen molar-refractivity contribution in [2.24, 2.45) is 0 Å². The number of hydrogen-bond donors (Lipinski definition) is 2. The first kappa shape index (κ1) is 13.1. The molecule has 2 N–H and O–H groups in total. The predicted molar refractivity (Wildman–Crippen MR) is 73.0 cm³/mol. The van der Waals surface area contributed by atoms with Crippen LogP contribution >= 0.6 is 0 Å². The molecule has 1 saturated carbocycles. The molecule has 0 aliphatic heterocycles. The number of aryl methyl sites for hydroxylation is 1. The fraction of sp³-hybridized carbons (Fsp3) is 0.643. The molecule has 100 valence electrons. The molecule has 1 fully saturated rings. The van der Waals surface area contributed by atoms with Gasteiger partial charge in [0, 0.05) is 30.0 Å². The fourth-order valence-corrected chi connectivity index (χ4v) is 2.34. The van der Waals surface area contributed by atoms with Crippen molar-refractivity contribution in [1.29, 1.82) is 0 Å². The molecular formula is C14H23N3O. The molecule has 0 spiro atoms. The smallest absolute Gasteiger partial charge is 0.253 e. The van der Waals surface area contributed by atoms with Crippen molar-refractivity contribution in [3.8, 4) is 0 Å². The standard InChI is InChI=1S/C14H23N3O/c1-9(15-4)8-16-14(18)13-7-10(2)17(11(13)3)12-5-6-12/h7,9,12,15H,5-6,8H2,1-4H3,(H,16,18). The van der Waals surface area contributed by atoms with Crippen molar-refractivity contribution in [2.45, 2.75) is 45.7 Å². The van der Waals surface area contributed by atoms with Crippen LogP contribution in [-0.2, 0) is 0 Å². The summed E-state index contributed by atoms with van der Waals surface area (Å²) >= 11 is 0. The molecule has 1 aliphatic rings. The summed E-state index contributed by atoms with van der Waals surface area (Å²) in [5.74, 6) is 0.0390. The van der Waals surface area contributed by atoms with E-state index in [0.29, 0.717) is 18.6 Å². The molecule has 1 unspecified atom stereocenters. The van der Waals surface area contributed by atoms with E-state index in [0.717, 1.165) is 11.3 Å². The number of rotatable bonds is 5. The van der Waals surface area contributed by atoms with Gasteiger partial charge in [-0.3, -0.25) is 4.79 Å². The normalized spacial score (nSPS) is 16.7. The fourth-order valence-electron chi connectivity index (χ4n) is 2.34. The van der Waals surface area contributed by atoms with Crippen molar-refractivity contribution in [3.63, 3.8) is 0 Å². The van der Waals surface area contributed by atoms with Crippen LogP contribution in [0.3, 0.4) is 0 Å². The summed E-state index contributed by atoms with van der Waals surface area (Å²) in [6, 6.07) is 2.93. The zero-order chi connectivity index (χ0) is 13.3. The van der Waals surface area contributed by atoms with E-state index in [1.165, 1.54) is 18.5 Å². The Morgan fingerprint density at radius 3 is 2.72 bits per heavy atom. The second-order valence-electron chi connectivity index (χ2n) is 5.29. The molecule has 1 aromatic rings. The van der Waals surface area contributed by atoms with Crippen molar-refractivity contribution in [3.05, 3.63) is 23.0 Å². The highest BCUT2D eigenvalue weighted by molar-refractivity contribution is 5.95. The van der Waals surface area contributed by atoms with E-state index in [1.54, 1.807) is 0 Å². The summed E-state index contributed by atoms with van der Waals surface area (Å²) in [7, 11) is 1.90. The third kappa shape index (κ3) is 2.58. The van der Waals surface area contributed by atoms with Gasteiger partial charge in [0.25, 0.3) is 5.91 Å². The molecule has 1 heterocycles. The van der Waals surface area contributed by atoms with Crippen LogP contribution in [0, 0.1) is 13.8 Å². The van der Waals surface area contributed by atoms with Crippen LogP contribution < -0.4 is 10.6 Å². The van der Waals surface area contributed by atoms with Gasteiger partial charge in [0.15, 0.2) is 0 Å². The number of nitrogens with one attached hydrogen (secondary N) is 2. The first-order valence-electron chi connectivity index (χ1n) is 6.68. The maximum atomic E-state index is 12.1. The number of amides is 1. The van der Waals surface area contributed by atoms with E-state index in [1.807, 2.05) is 27.0 Å². The average molecular weight is 249 g/mol. The molecule has 1 aliphatic carbocycles. The number of nitrogens with zero attached hydrogens (tertiary/aromatic N) is 1. The summed E-state index contributed by atoms with van der Waals surface area (Å²) in [6.45, 7) is 6.83. The minimum atomic E-state index is 0.0390. The maximum absolute atomic E-state index is 12.1. The van der Waals surface area contributed by atoms with Gasteiger partial charge in [-0.1, -0.05) is 0 Å². The lowest BCUT2D eigenvalue weighted by molar-refractivity contribution is 0.0950. The van der Waals surface area contributed by atoms with E-state index < -0.39 is 0 Å². The molecule has 1 aromatic heterocycles. The summed E-state index contributed by atoms with van der Waals surface area (Å²) in [4.78, 5) is 12.1. The Bertz CT molecular complexity index is 446. The Morgan fingerprint density at radius 2 is 2.17 bits per heavy atom. The van der Waals surface area contributed by atoms with Crippen LogP contribution in [0.4, 0.5) is 0 Å². The summed E-state index contributed by atoms with van der Waals surface area (Å²) in [5.41, 5.74) is 3.12. The second-order valence-corrected chi connectivity index (χ2v) is 5.29. The summed E-state index contributed by atoms with van der Waals surface area (Å²) < 4.78 is 2.30. The molecule has 18 heavy (non-hydrogen) atoms. The molecule has 1 amide bonds. The number of carbonyl (C=O) groups excluding carboxylic acids is 1. The van der Waals surface area contributed by atoms with Gasteiger partial charge in [-0.05, 0) is 46.7 Å². The largest absolute Gasteiger partial charge is 0.350 e. The van der Waals surface area contributed by atoms with Gasteiger partial charge in [0.05, 0.1) is 5.56 Å². The quantitative estimate of drug-likeness (QED) is 0.835. The van der Waals surface area contributed by atoms with Crippen molar-refractivity contribution in [2.75, 3.05) is 13.6 Å². The maximum Gasteiger partial charge on any atom is 0.253 e. The van der Waals surface area contributed by atoms with Crippen LogP contribution in [0.5, 0.6) is 0 Å².